The second-order valence-electron chi connectivity index (χ2n) is 10.0. The average molecular weight is 373 g/mol. The molecule has 5 heteroatoms. The van der Waals surface area contributed by atoms with Crippen LogP contribution in [0.25, 0.3) is 0 Å². The van der Waals surface area contributed by atoms with Gasteiger partial charge in [-0.05, 0) is 41.4 Å². The van der Waals surface area contributed by atoms with Gasteiger partial charge < -0.3 is 10.2 Å². The van der Waals surface area contributed by atoms with Crippen molar-refractivity contribution >= 4 is 11.6 Å². The van der Waals surface area contributed by atoms with E-state index in [1.807, 2.05) is 27.7 Å². The molecule has 2 aliphatic carbocycles. The first-order valence-electron chi connectivity index (χ1n) is 9.82. The maximum absolute atomic E-state index is 13.0. The topological polar surface area (TPSA) is 87.5 Å². The Morgan fingerprint density at radius 3 is 1.67 bits per heavy atom. The van der Waals surface area contributed by atoms with Crippen LogP contribution in [0.2, 0.25) is 0 Å². The van der Waals surface area contributed by atoms with Crippen LogP contribution in [0.3, 0.4) is 0 Å². The number of aliphatic hydroxyl groups excluding tert-OH is 2. The highest BCUT2D eigenvalue weighted by atomic mass is 16.3. The van der Waals surface area contributed by atoms with Gasteiger partial charge in [-0.1, -0.05) is 27.7 Å². The summed E-state index contributed by atoms with van der Waals surface area (Å²) in [5.41, 5.74) is 0.277. The van der Waals surface area contributed by atoms with Gasteiger partial charge in [0.05, 0.1) is 24.0 Å². The van der Waals surface area contributed by atoms with Crippen LogP contribution in [-0.2, 0) is 9.59 Å². The number of pyridine rings is 1. The molecule has 0 spiro atoms. The normalized spacial score (nSPS) is 34.3. The van der Waals surface area contributed by atoms with E-state index in [9.17, 15) is 19.8 Å². The van der Waals surface area contributed by atoms with Crippen LogP contribution >= 0.6 is 0 Å². The predicted molar refractivity (Wildman–Crippen MR) is 102 cm³/mol. The van der Waals surface area contributed by atoms with E-state index >= 15 is 0 Å². The van der Waals surface area contributed by atoms with Crippen molar-refractivity contribution in [1.29, 1.82) is 0 Å². The van der Waals surface area contributed by atoms with Crippen LogP contribution < -0.4 is 0 Å². The molecule has 4 unspecified atom stereocenters. The molecule has 2 aliphatic rings. The summed E-state index contributed by atoms with van der Waals surface area (Å²) >= 11 is 0. The molecule has 0 saturated heterocycles. The number of nitrogens with zero attached hydrogens (tertiary/aromatic N) is 1. The van der Waals surface area contributed by atoms with Crippen molar-refractivity contribution in [3.63, 3.8) is 0 Å². The molecule has 2 fully saturated rings. The van der Waals surface area contributed by atoms with Crippen molar-refractivity contribution in [2.24, 2.45) is 22.7 Å². The molecule has 2 saturated carbocycles. The summed E-state index contributed by atoms with van der Waals surface area (Å²) in [6, 6.07) is 3.59. The Bertz CT molecular complexity index is 670. The molecular weight excluding hydrogens is 342 g/mol. The van der Waals surface area contributed by atoms with Crippen LogP contribution in [-0.4, -0.2) is 39.0 Å². The van der Waals surface area contributed by atoms with Gasteiger partial charge in [0.25, 0.3) is 0 Å². The van der Waals surface area contributed by atoms with Crippen molar-refractivity contribution in [3.05, 3.63) is 30.1 Å². The monoisotopic (exact) mass is 373 g/mol. The molecule has 148 valence electrons. The van der Waals surface area contributed by atoms with Crippen molar-refractivity contribution in [1.82, 2.24) is 4.98 Å². The number of hydrogen-bond acceptors (Lipinski definition) is 5. The minimum Gasteiger partial charge on any atom is -0.392 e. The minimum absolute atomic E-state index is 0.0228. The number of carbonyl (C=O) groups excluding carboxylic acids is 2. The number of Topliss-reactive ketones (excluding diaryl/α,β-unsaturated/α-hetero) is 2. The molecule has 1 aromatic heterocycles. The van der Waals surface area contributed by atoms with E-state index in [4.69, 9.17) is 0 Å². The first kappa shape index (κ1) is 20.2. The third-order valence-electron chi connectivity index (χ3n) is 6.27. The molecular formula is C22H31NO4. The predicted octanol–water partition coefficient (Wildman–Crippen LogP) is 2.90. The fraction of sp³-hybridized carbons (Fsp3) is 0.682. The van der Waals surface area contributed by atoms with Crippen LogP contribution in [0.5, 0.6) is 0 Å². The van der Waals surface area contributed by atoms with Gasteiger partial charge in [0, 0.05) is 31.2 Å². The largest absolute Gasteiger partial charge is 0.392 e. The maximum atomic E-state index is 13.0. The summed E-state index contributed by atoms with van der Waals surface area (Å²) in [5, 5.41) is 21.8. The average Bonchev–Trinajstić information content (AvgIpc) is 2.50. The third-order valence-corrected chi connectivity index (χ3v) is 6.27. The van der Waals surface area contributed by atoms with Crippen molar-refractivity contribution in [2.45, 2.75) is 71.5 Å². The summed E-state index contributed by atoms with van der Waals surface area (Å²) in [4.78, 5) is 30.1. The van der Waals surface area contributed by atoms with Crippen LogP contribution in [0, 0.1) is 22.7 Å². The quantitative estimate of drug-likeness (QED) is 0.851. The number of hydrogen-bond donors (Lipinski definition) is 2. The Kier molecular flexibility index (Phi) is 5.30. The molecule has 0 radical (unpaired) electrons. The minimum atomic E-state index is -0.825. The third kappa shape index (κ3) is 4.14. The number of carbonyl (C=O) groups is 2. The zero-order valence-corrected chi connectivity index (χ0v) is 16.7. The second kappa shape index (κ2) is 7.10. The molecule has 1 aromatic rings. The van der Waals surface area contributed by atoms with Gasteiger partial charge >= 0.3 is 0 Å². The lowest BCUT2D eigenvalue weighted by molar-refractivity contribution is -0.144. The van der Waals surface area contributed by atoms with Gasteiger partial charge in [0.2, 0.25) is 0 Å². The molecule has 2 N–H and O–H groups in total. The van der Waals surface area contributed by atoms with Crippen molar-refractivity contribution in [3.8, 4) is 0 Å². The number of rotatable bonds is 3. The Morgan fingerprint density at radius 2 is 1.30 bits per heavy atom. The molecule has 0 amide bonds. The Hall–Kier alpha value is -1.59. The number of aromatic nitrogens is 1. The van der Waals surface area contributed by atoms with Gasteiger partial charge in [0.1, 0.15) is 11.6 Å². The molecule has 1 heterocycles. The first-order valence-corrected chi connectivity index (χ1v) is 9.82. The molecule has 0 bridgehead atoms. The molecule has 27 heavy (non-hydrogen) atoms. The zero-order valence-electron chi connectivity index (χ0n) is 16.7. The highest BCUT2D eigenvalue weighted by Crippen LogP contribution is 2.49. The van der Waals surface area contributed by atoms with Gasteiger partial charge in [-0.3, -0.25) is 14.6 Å². The summed E-state index contributed by atoms with van der Waals surface area (Å²) in [7, 11) is 0. The molecule has 5 nitrogen and oxygen atoms in total. The number of aliphatic hydroxyl groups is 2. The van der Waals surface area contributed by atoms with E-state index in [0.717, 1.165) is 5.56 Å². The maximum Gasteiger partial charge on any atom is 0.139 e. The van der Waals surface area contributed by atoms with Gasteiger partial charge in [-0.15, -0.1) is 0 Å². The Labute approximate surface area is 161 Å². The van der Waals surface area contributed by atoms with E-state index < -0.39 is 30.0 Å². The lowest BCUT2D eigenvalue weighted by atomic mass is 9.58. The first-order chi connectivity index (χ1) is 12.5. The van der Waals surface area contributed by atoms with Crippen LogP contribution in [0.4, 0.5) is 0 Å². The lowest BCUT2D eigenvalue weighted by Crippen LogP contribution is -2.51. The smallest absolute Gasteiger partial charge is 0.139 e. The van der Waals surface area contributed by atoms with Gasteiger partial charge in [0.15, 0.2) is 0 Å². The van der Waals surface area contributed by atoms with Gasteiger partial charge in [-0.25, -0.2) is 0 Å². The standard InChI is InChI=1S/C22H31NO4/c1-21(2)9-14(24)19(15(25)10-21)18(13-5-7-23-8-6-13)20-16(26)11-22(3,4)12-17(20)27/h5-8,14,16,18-20,24,26H,9-12H2,1-4H3. The highest BCUT2D eigenvalue weighted by Gasteiger charge is 2.51. The van der Waals surface area contributed by atoms with E-state index in [1.165, 1.54) is 0 Å². The fourth-order valence-corrected chi connectivity index (χ4v) is 5.24. The Morgan fingerprint density at radius 1 is 0.889 bits per heavy atom. The summed E-state index contributed by atoms with van der Waals surface area (Å²) in [6.45, 7) is 7.92. The number of ketones is 2. The second-order valence-corrected chi connectivity index (χ2v) is 10.0. The summed E-state index contributed by atoms with van der Waals surface area (Å²) in [6.07, 6.45) is 3.38. The van der Waals surface area contributed by atoms with E-state index in [-0.39, 0.29) is 22.4 Å². The van der Waals surface area contributed by atoms with Gasteiger partial charge in [-0.2, -0.15) is 0 Å². The molecule has 3 rings (SSSR count). The molecule has 0 aliphatic heterocycles. The SMILES string of the molecule is CC1(C)CC(=O)C(C(c2ccncc2)C2C(=O)CC(C)(C)CC2O)C(O)C1. The van der Waals surface area contributed by atoms with Crippen molar-refractivity contribution < 1.29 is 19.8 Å². The van der Waals surface area contributed by atoms with Crippen LogP contribution in [0.15, 0.2) is 24.5 Å². The molecule has 4 atom stereocenters. The zero-order chi connectivity index (χ0) is 20.0. The Balaban J connectivity index is 2.03. The van der Waals surface area contributed by atoms with E-state index in [1.54, 1.807) is 24.5 Å². The highest BCUT2D eigenvalue weighted by molar-refractivity contribution is 5.88. The fourth-order valence-electron chi connectivity index (χ4n) is 5.24. The van der Waals surface area contributed by atoms with Crippen molar-refractivity contribution in [2.75, 3.05) is 0 Å². The summed E-state index contributed by atoms with van der Waals surface area (Å²) < 4.78 is 0. The van der Waals surface area contributed by atoms with E-state index in [2.05, 4.69) is 4.98 Å². The summed E-state index contributed by atoms with van der Waals surface area (Å²) in [5.74, 6) is -1.92. The van der Waals surface area contributed by atoms with E-state index in [0.29, 0.717) is 25.7 Å². The lowest BCUT2D eigenvalue weighted by Gasteiger charge is -2.46. The van der Waals surface area contributed by atoms with Crippen LogP contribution in [0.1, 0.15) is 64.9 Å². The molecule has 0 aromatic carbocycles.